The summed E-state index contributed by atoms with van der Waals surface area (Å²) in [6.45, 7) is 0.767. The molecule has 1 aliphatic rings. The third-order valence-electron chi connectivity index (χ3n) is 5.21. The third-order valence-corrected chi connectivity index (χ3v) is 5.70. The summed E-state index contributed by atoms with van der Waals surface area (Å²) >= 11 is 3.38. The summed E-state index contributed by atoms with van der Waals surface area (Å²) < 4.78 is 6.42. The van der Waals surface area contributed by atoms with E-state index in [4.69, 9.17) is 4.74 Å². The van der Waals surface area contributed by atoms with Crippen molar-refractivity contribution in [1.29, 1.82) is 0 Å². The molecule has 2 N–H and O–H groups in total. The first-order chi connectivity index (χ1) is 14.6. The molecule has 4 nitrogen and oxygen atoms in total. The monoisotopic (exact) mass is 463 g/mol. The van der Waals surface area contributed by atoms with Crippen molar-refractivity contribution in [3.63, 3.8) is 0 Å². The van der Waals surface area contributed by atoms with Gasteiger partial charge in [0.15, 0.2) is 0 Å². The number of amides is 1. The van der Waals surface area contributed by atoms with Gasteiger partial charge >= 0.3 is 6.09 Å². The van der Waals surface area contributed by atoms with Crippen LogP contribution >= 0.6 is 15.9 Å². The van der Waals surface area contributed by atoms with Gasteiger partial charge in [-0.15, -0.1) is 0 Å². The molecule has 152 valence electrons. The minimum Gasteiger partial charge on any atom is -0.507 e. The van der Waals surface area contributed by atoms with E-state index < -0.39 is 6.09 Å². The highest BCUT2D eigenvalue weighted by atomic mass is 79.9. The van der Waals surface area contributed by atoms with E-state index in [-0.39, 0.29) is 11.7 Å². The fourth-order valence-electron chi connectivity index (χ4n) is 3.78. The maximum atomic E-state index is 12.2. The van der Waals surface area contributed by atoms with Gasteiger partial charge in [-0.25, -0.2) is 4.79 Å². The number of nitrogens with one attached hydrogen (secondary N) is 1. The highest BCUT2D eigenvalue weighted by Gasteiger charge is 2.28. The summed E-state index contributed by atoms with van der Waals surface area (Å²) in [6, 6.07) is 21.8. The lowest BCUT2D eigenvalue weighted by Crippen LogP contribution is -2.26. The van der Waals surface area contributed by atoms with Crippen LogP contribution in [0.15, 0.2) is 77.3 Å². The average molecular weight is 464 g/mol. The smallest absolute Gasteiger partial charge is 0.407 e. The van der Waals surface area contributed by atoms with E-state index in [2.05, 4.69) is 45.5 Å². The van der Waals surface area contributed by atoms with Gasteiger partial charge in [-0.05, 0) is 46.9 Å². The SMILES string of the molecule is O=C(NCCC=Cc1cc(Br)ccc1O)OCC1c2ccccc2-c2ccccc21. The molecule has 0 aliphatic heterocycles. The summed E-state index contributed by atoms with van der Waals surface area (Å²) in [5.74, 6) is 0.279. The molecule has 4 rings (SSSR count). The molecule has 1 aliphatic carbocycles. The summed E-state index contributed by atoms with van der Waals surface area (Å²) in [7, 11) is 0. The topological polar surface area (TPSA) is 58.6 Å². The minimum atomic E-state index is -0.421. The number of ether oxygens (including phenoxy) is 1. The zero-order valence-corrected chi connectivity index (χ0v) is 17.9. The van der Waals surface area contributed by atoms with Gasteiger partial charge in [0.05, 0.1) is 0 Å². The Kier molecular flexibility index (Phi) is 6.19. The lowest BCUT2D eigenvalue weighted by atomic mass is 9.98. The van der Waals surface area contributed by atoms with Gasteiger partial charge in [-0.3, -0.25) is 0 Å². The van der Waals surface area contributed by atoms with E-state index >= 15 is 0 Å². The van der Waals surface area contributed by atoms with Gasteiger partial charge in [0, 0.05) is 22.5 Å². The molecule has 0 saturated carbocycles. The van der Waals surface area contributed by atoms with Crippen LogP contribution in [0.3, 0.4) is 0 Å². The number of halogens is 1. The third kappa shape index (κ3) is 4.41. The highest BCUT2D eigenvalue weighted by Crippen LogP contribution is 2.44. The van der Waals surface area contributed by atoms with E-state index in [1.807, 2.05) is 42.5 Å². The number of benzene rings is 3. The van der Waals surface area contributed by atoms with Crippen molar-refractivity contribution in [2.75, 3.05) is 13.2 Å². The summed E-state index contributed by atoms with van der Waals surface area (Å²) in [5.41, 5.74) is 5.54. The van der Waals surface area contributed by atoms with Crippen molar-refractivity contribution < 1.29 is 14.6 Å². The number of hydrogen-bond acceptors (Lipinski definition) is 3. The molecule has 0 fully saturated rings. The standard InChI is InChI=1S/C25H22BrNO3/c26-18-12-13-24(28)17(15-18)7-5-6-14-27-25(29)30-16-23-21-10-3-1-8-19(21)20-9-2-4-11-22(20)23/h1-5,7-13,15,23,28H,6,14,16H2,(H,27,29). The highest BCUT2D eigenvalue weighted by molar-refractivity contribution is 9.10. The Hall–Kier alpha value is -3.05. The van der Waals surface area contributed by atoms with E-state index in [1.54, 1.807) is 12.1 Å². The van der Waals surface area contributed by atoms with E-state index in [9.17, 15) is 9.90 Å². The Morgan fingerprint density at radius 1 is 1.03 bits per heavy atom. The lowest BCUT2D eigenvalue weighted by Gasteiger charge is -2.14. The Morgan fingerprint density at radius 3 is 2.40 bits per heavy atom. The molecule has 3 aromatic carbocycles. The van der Waals surface area contributed by atoms with Gasteiger partial charge in [0.2, 0.25) is 0 Å². The van der Waals surface area contributed by atoms with Crippen LogP contribution in [0, 0.1) is 0 Å². The minimum absolute atomic E-state index is 0.0579. The Morgan fingerprint density at radius 2 is 1.70 bits per heavy atom. The van der Waals surface area contributed by atoms with Gasteiger partial charge in [-0.1, -0.05) is 76.6 Å². The van der Waals surface area contributed by atoms with Crippen LogP contribution in [-0.2, 0) is 4.74 Å². The summed E-state index contributed by atoms with van der Waals surface area (Å²) in [6.07, 6.45) is 3.96. The molecule has 5 heteroatoms. The number of carbonyl (C=O) groups excluding carboxylic acids is 1. The largest absolute Gasteiger partial charge is 0.507 e. The number of phenols is 1. The molecular formula is C25H22BrNO3. The molecule has 0 spiro atoms. The Bertz CT molecular complexity index is 1050. The predicted molar refractivity (Wildman–Crippen MR) is 123 cm³/mol. The van der Waals surface area contributed by atoms with E-state index in [1.165, 1.54) is 22.3 Å². The number of aromatic hydroxyl groups is 1. The van der Waals surface area contributed by atoms with Crippen LogP contribution in [0.2, 0.25) is 0 Å². The van der Waals surface area contributed by atoms with E-state index in [0.29, 0.717) is 19.6 Å². The lowest BCUT2D eigenvalue weighted by molar-refractivity contribution is 0.143. The number of rotatable bonds is 6. The van der Waals surface area contributed by atoms with Crippen molar-refractivity contribution in [2.24, 2.45) is 0 Å². The Balaban J connectivity index is 1.28. The second-order valence-corrected chi connectivity index (χ2v) is 8.06. The molecule has 30 heavy (non-hydrogen) atoms. The zero-order valence-electron chi connectivity index (χ0n) is 16.3. The van der Waals surface area contributed by atoms with Crippen molar-refractivity contribution in [1.82, 2.24) is 5.32 Å². The normalized spacial score (nSPS) is 12.6. The molecule has 0 saturated heterocycles. The molecule has 0 unspecified atom stereocenters. The van der Waals surface area contributed by atoms with Crippen LogP contribution in [0.5, 0.6) is 5.75 Å². The molecule has 0 bridgehead atoms. The predicted octanol–water partition coefficient (Wildman–Crippen LogP) is 6.10. The zero-order chi connectivity index (χ0) is 20.9. The molecule has 0 aromatic heterocycles. The van der Waals surface area contributed by atoms with Gasteiger partial charge in [-0.2, -0.15) is 0 Å². The number of alkyl carbamates (subject to hydrolysis) is 1. The van der Waals surface area contributed by atoms with Crippen LogP contribution in [0.4, 0.5) is 4.79 Å². The number of hydrogen-bond donors (Lipinski definition) is 2. The average Bonchev–Trinajstić information content (AvgIpc) is 3.08. The van der Waals surface area contributed by atoms with Crippen molar-refractivity contribution in [2.45, 2.75) is 12.3 Å². The van der Waals surface area contributed by atoms with Crippen LogP contribution in [-0.4, -0.2) is 24.4 Å². The number of fused-ring (bicyclic) bond motifs is 3. The second-order valence-electron chi connectivity index (χ2n) is 7.15. The van der Waals surface area contributed by atoms with Crippen molar-refractivity contribution >= 4 is 28.1 Å². The number of carbonyl (C=O) groups is 1. The maximum absolute atomic E-state index is 12.2. The fraction of sp³-hybridized carbons (Fsp3) is 0.160. The van der Waals surface area contributed by atoms with Crippen LogP contribution in [0.1, 0.15) is 29.0 Å². The molecule has 0 atom stereocenters. The van der Waals surface area contributed by atoms with Gasteiger partial charge in [0.25, 0.3) is 0 Å². The van der Waals surface area contributed by atoms with Gasteiger partial charge in [0.1, 0.15) is 12.4 Å². The maximum Gasteiger partial charge on any atom is 0.407 e. The van der Waals surface area contributed by atoms with Crippen molar-refractivity contribution in [3.05, 3.63) is 94.0 Å². The molecule has 1 amide bonds. The van der Waals surface area contributed by atoms with E-state index in [0.717, 1.165) is 10.0 Å². The first-order valence-electron chi connectivity index (χ1n) is 9.87. The molecule has 0 heterocycles. The summed E-state index contributed by atoms with van der Waals surface area (Å²) in [4.78, 5) is 12.2. The van der Waals surface area contributed by atoms with Gasteiger partial charge < -0.3 is 15.2 Å². The molecule has 0 radical (unpaired) electrons. The van der Waals surface area contributed by atoms with Crippen LogP contribution in [0.25, 0.3) is 17.2 Å². The van der Waals surface area contributed by atoms with Crippen LogP contribution < -0.4 is 5.32 Å². The Labute approximate surface area is 184 Å². The number of phenolic OH excluding ortho intramolecular Hbond substituents is 1. The second kappa shape index (κ2) is 9.18. The molecular weight excluding hydrogens is 442 g/mol. The quantitative estimate of drug-likeness (QED) is 0.434. The molecule has 3 aromatic rings. The summed E-state index contributed by atoms with van der Waals surface area (Å²) in [5, 5.41) is 12.6. The fourth-order valence-corrected chi connectivity index (χ4v) is 4.15. The first kappa shape index (κ1) is 20.2. The van der Waals surface area contributed by atoms with Crippen molar-refractivity contribution in [3.8, 4) is 16.9 Å². The first-order valence-corrected chi connectivity index (χ1v) is 10.7.